The summed E-state index contributed by atoms with van der Waals surface area (Å²) in [5.41, 5.74) is 2.73. The Bertz CT molecular complexity index is 768. The summed E-state index contributed by atoms with van der Waals surface area (Å²) < 4.78 is 15.0. The van der Waals surface area contributed by atoms with Gasteiger partial charge in [-0.1, -0.05) is 31.0 Å². The highest BCUT2D eigenvalue weighted by Gasteiger charge is 2.11. The zero-order valence-corrected chi connectivity index (χ0v) is 14.8. The lowest BCUT2D eigenvalue weighted by Gasteiger charge is -2.06. The molecule has 2 rings (SSSR count). The Morgan fingerprint density at radius 3 is 2.88 bits per heavy atom. The number of rotatable bonds is 6. The molecule has 128 valence electrons. The number of hydrogen-bond acceptors (Lipinski definition) is 2. The molecule has 0 saturated heterocycles. The van der Waals surface area contributed by atoms with E-state index in [0.717, 1.165) is 36.2 Å². The van der Waals surface area contributed by atoms with Crippen LogP contribution in [0.3, 0.4) is 0 Å². The number of aromatic nitrogens is 2. The summed E-state index contributed by atoms with van der Waals surface area (Å²) in [5, 5.41) is 7.57. The van der Waals surface area contributed by atoms with Gasteiger partial charge in [-0.25, -0.2) is 4.39 Å². The fourth-order valence-electron chi connectivity index (χ4n) is 2.27. The first-order valence-electron chi connectivity index (χ1n) is 7.90. The molecule has 24 heavy (non-hydrogen) atoms. The van der Waals surface area contributed by atoms with E-state index in [1.165, 1.54) is 18.2 Å². The first-order chi connectivity index (χ1) is 11.4. The van der Waals surface area contributed by atoms with Crippen molar-refractivity contribution in [1.29, 1.82) is 0 Å². The molecule has 0 saturated carbocycles. The van der Waals surface area contributed by atoms with Crippen LogP contribution in [0.4, 0.5) is 10.1 Å². The van der Waals surface area contributed by atoms with Crippen LogP contribution in [0.5, 0.6) is 0 Å². The second-order valence-electron chi connectivity index (χ2n) is 5.65. The van der Waals surface area contributed by atoms with Crippen molar-refractivity contribution < 1.29 is 9.18 Å². The molecule has 0 spiro atoms. The Hall–Kier alpha value is -2.14. The van der Waals surface area contributed by atoms with Gasteiger partial charge in [0.2, 0.25) is 5.91 Å². The first-order valence-corrected chi connectivity index (χ1v) is 8.28. The van der Waals surface area contributed by atoms with Gasteiger partial charge in [0, 0.05) is 23.9 Å². The van der Waals surface area contributed by atoms with E-state index in [4.69, 9.17) is 11.6 Å². The summed E-state index contributed by atoms with van der Waals surface area (Å²) in [6.07, 6.45) is 5.06. The third kappa shape index (κ3) is 4.45. The van der Waals surface area contributed by atoms with Gasteiger partial charge in [-0.05, 0) is 44.0 Å². The summed E-state index contributed by atoms with van der Waals surface area (Å²) in [6, 6.07) is 4.27. The fourth-order valence-corrected chi connectivity index (χ4v) is 2.60. The van der Waals surface area contributed by atoms with Crippen molar-refractivity contribution in [2.45, 2.75) is 40.2 Å². The molecular formula is C18H21ClFN3O. The van der Waals surface area contributed by atoms with E-state index in [1.54, 1.807) is 23.7 Å². The topological polar surface area (TPSA) is 46.9 Å². The Balaban J connectivity index is 2.11. The van der Waals surface area contributed by atoms with Crippen molar-refractivity contribution in [2.24, 2.45) is 0 Å². The average Bonchev–Trinajstić information content (AvgIpc) is 2.81. The molecule has 0 aliphatic rings. The number of halogens is 2. The predicted molar refractivity (Wildman–Crippen MR) is 95.7 cm³/mol. The number of carbonyl (C=O) groups excluding carboxylic acids is 1. The normalized spacial score (nSPS) is 11.2. The number of anilines is 1. The van der Waals surface area contributed by atoms with Crippen LogP contribution in [0.15, 0.2) is 24.3 Å². The van der Waals surface area contributed by atoms with E-state index in [1.807, 2.05) is 6.92 Å². The number of aryl methyl sites for hydroxylation is 3. The van der Waals surface area contributed by atoms with Gasteiger partial charge in [-0.3, -0.25) is 9.48 Å². The van der Waals surface area contributed by atoms with E-state index in [9.17, 15) is 9.18 Å². The minimum Gasteiger partial charge on any atom is -0.322 e. The van der Waals surface area contributed by atoms with Crippen molar-refractivity contribution in [3.8, 4) is 0 Å². The van der Waals surface area contributed by atoms with Gasteiger partial charge in [0.25, 0.3) is 0 Å². The molecule has 1 amide bonds. The number of unbranched alkanes of at least 4 members (excludes halogenated alkanes) is 1. The minimum atomic E-state index is -0.393. The van der Waals surface area contributed by atoms with Crippen molar-refractivity contribution in [3.63, 3.8) is 0 Å². The molecule has 1 heterocycles. The van der Waals surface area contributed by atoms with Gasteiger partial charge in [0.15, 0.2) is 0 Å². The number of carbonyl (C=O) groups is 1. The maximum Gasteiger partial charge on any atom is 0.248 e. The second kappa shape index (κ2) is 8.11. The molecule has 1 aromatic heterocycles. The molecular weight excluding hydrogens is 329 g/mol. The molecule has 2 aromatic rings. The molecule has 0 aliphatic heterocycles. The third-order valence-corrected chi connectivity index (χ3v) is 4.09. The van der Waals surface area contributed by atoms with Crippen LogP contribution >= 0.6 is 11.6 Å². The first kappa shape index (κ1) is 18.2. The number of nitrogens with zero attached hydrogens (tertiary/aromatic N) is 2. The Morgan fingerprint density at radius 2 is 2.17 bits per heavy atom. The standard InChI is InChI=1S/C18H21ClFN3O/c1-4-5-10-23-18(19)15(13(3)22-23)8-9-17(24)21-16-11-14(20)7-6-12(16)2/h6-9,11H,4-5,10H2,1-3H3,(H,21,24). The Kier molecular flexibility index (Phi) is 6.15. The fraction of sp³-hybridized carbons (Fsp3) is 0.333. The summed E-state index contributed by atoms with van der Waals surface area (Å²) in [4.78, 5) is 12.1. The second-order valence-corrected chi connectivity index (χ2v) is 6.01. The molecule has 1 N–H and O–H groups in total. The SMILES string of the molecule is CCCCn1nc(C)c(C=CC(=O)Nc2cc(F)ccc2C)c1Cl. The summed E-state index contributed by atoms with van der Waals surface area (Å²) >= 11 is 6.32. The van der Waals surface area contributed by atoms with Crippen molar-refractivity contribution in [1.82, 2.24) is 9.78 Å². The maximum absolute atomic E-state index is 13.3. The van der Waals surface area contributed by atoms with Gasteiger partial charge in [0.05, 0.1) is 5.69 Å². The minimum absolute atomic E-state index is 0.347. The van der Waals surface area contributed by atoms with E-state index < -0.39 is 5.82 Å². The number of benzene rings is 1. The van der Waals surface area contributed by atoms with Gasteiger partial charge in [-0.2, -0.15) is 5.10 Å². The van der Waals surface area contributed by atoms with E-state index in [-0.39, 0.29) is 5.91 Å². The highest BCUT2D eigenvalue weighted by atomic mass is 35.5. The number of hydrogen-bond donors (Lipinski definition) is 1. The molecule has 0 bridgehead atoms. The van der Waals surface area contributed by atoms with Crippen molar-refractivity contribution in [2.75, 3.05) is 5.32 Å². The van der Waals surface area contributed by atoms with Gasteiger partial charge >= 0.3 is 0 Å². The quantitative estimate of drug-likeness (QED) is 0.765. The molecule has 0 unspecified atom stereocenters. The lowest BCUT2D eigenvalue weighted by atomic mass is 10.2. The highest BCUT2D eigenvalue weighted by molar-refractivity contribution is 6.31. The van der Waals surface area contributed by atoms with Crippen LogP contribution in [0.2, 0.25) is 5.15 Å². The summed E-state index contributed by atoms with van der Waals surface area (Å²) in [5.74, 6) is -0.739. The lowest BCUT2D eigenvalue weighted by Crippen LogP contribution is -2.09. The van der Waals surface area contributed by atoms with Crippen LogP contribution in [0, 0.1) is 19.7 Å². The molecule has 0 fully saturated rings. The van der Waals surface area contributed by atoms with Crippen LogP contribution in [0.1, 0.15) is 36.6 Å². The van der Waals surface area contributed by atoms with Crippen LogP contribution < -0.4 is 5.32 Å². The largest absolute Gasteiger partial charge is 0.322 e. The predicted octanol–water partition coefficient (Wildman–Crippen LogP) is 4.74. The maximum atomic E-state index is 13.3. The molecule has 0 radical (unpaired) electrons. The van der Waals surface area contributed by atoms with Crippen LogP contribution in [-0.4, -0.2) is 15.7 Å². The average molecular weight is 350 g/mol. The van der Waals surface area contributed by atoms with Gasteiger partial charge in [-0.15, -0.1) is 0 Å². The number of nitrogens with one attached hydrogen (secondary N) is 1. The van der Waals surface area contributed by atoms with Crippen LogP contribution in [-0.2, 0) is 11.3 Å². The summed E-state index contributed by atoms with van der Waals surface area (Å²) in [7, 11) is 0. The van der Waals surface area contributed by atoms with E-state index in [2.05, 4.69) is 17.3 Å². The van der Waals surface area contributed by atoms with Gasteiger partial charge in [0.1, 0.15) is 11.0 Å². The zero-order valence-electron chi connectivity index (χ0n) is 14.1. The molecule has 0 aliphatic carbocycles. The van der Waals surface area contributed by atoms with Crippen molar-refractivity contribution >= 4 is 29.3 Å². The van der Waals surface area contributed by atoms with E-state index in [0.29, 0.717) is 10.8 Å². The summed E-state index contributed by atoms with van der Waals surface area (Å²) in [6.45, 7) is 6.50. The Morgan fingerprint density at radius 1 is 1.42 bits per heavy atom. The third-order valence-electron chi connectivity index (χ3n) is 3.69. The molecule has 1 aromatic carbocycles. The smallest absolute Gasteiger partial charge is 0.248 e. The zero-order chi connectivity index (χ0) is 17.7. The highest BCUT2D eigenvalue weighted by Crippen LogP contribution is 2.22. The monoisotopic (exact) mass is 349 g/mol. The van der Waals surface area contributed by atoms with Crippen LogP contribution in [0.25, 0.3) is 6.08 Å². The number of amides is 1. The van der Waals surface area contributed by atoms with Crippen molar-refractivity contribution in [3.05, 3.63) is 52.1 Å². The lowest BCUT2D eigenvalue weighted by molar-refractivity contribution is -0.111. The Labute approximate surface area is 146 Å². The molecule has 4 nitrogen and oxygen atoms in total. The van der Waals surface area contributed by atoms with E-state index >= 15 is 0 Å². The molecule has 0 atom stereocenters. The van der Waals surface area contributed by atoms with Gasteiger partial charge < -0.3 is 5.32 Å². The molecule has 6 heteroatoms.